The number of hydrogen-bond donors (Lipinski definition) is 2. The van der Waals surface area contributed by atoms with Crippen LogP contribution in [0, 0.1) is 0 Å². The van der Waals surface area contributed by atoms with Crippen LogP contribution in [-0.2, 0) is 0 Å². The summed E-state index contributed by atoms with van der Waals surface area (Å²) < 4.78 is 11.5. The van der Waals surface area contributed by atoms with Gasteiger partial charge >= 0.3 is 0 Å². The highest BCUT2D eigenvalue weighted by molar-refractivity contribution is 5.65. The molecule has 0 aliphatic rings. The van der Waals surface area contributed by atoms with Gasteiger partial charge in [0.15, 0.2) is 0 Å². The number of phenolic OH excluding ortho intramolecular Hbond substituents is 2. The monoisotopic (exact) mass is 370 g/mol. The first-order valence-corrected chi connectivity index (χ1v) is 8.80. The van der Waals surface area contributed by atoms with E-state index >= 15 is 0 Å². The van der Waals surface area contributed by atoms with Gasteiger partial charge in [0.1, 0.15) is 34.5 Å². The lowest BCUT2D eigenvalue weighted by molar-refractivity contribution is 0.454. The Balaban J connectivity index is 1.45. The minimum absolute atomic E-state index is 0.169. The van der Waals surface area contributed by atoms with Crippen LogP contribution in [0.2, 0.25) is 0 Å². The maximum Gasteiger partial charge on any atom is 0.131 e. The largest absolute Gasteiger partial charge is 0.508 e. The second kappa shape index (κ2) is 7.76. The van der Waals surface area contributed by atoms with Crippen molar-refractivity contribution in [3.63, 3.8) is 0 Å². The first-order valence-electron chi connectivity index (χ1n) is 8.80. The van der Waals surface area contributed by atoms with E-state index in [1.165, 1.54) is 0 Å². The highest BCUT2D eigenvalue weighted by atomic mass is 16.5. The molecule has 0 bridgehead atoms. The summed E-state index contributed by atoms with van der Waals surface area (Å²) in [5, 5.41) is 19.0. The molecule has 0 atom stereocenters. The summed E-state index contributed by atoms with van der Waals surface area (Å²) in [4.78, 5) is 0. The summed E-state index contributed by atoms with van der Waals surface area (Å²) in [6.45, 7) is 0. The van der Waals surface area contributed by atoms with Crippen LogP contribution in [0.4, 0.5) is 0 Å². The van der Waals surface area contributed by atoms with Gasteiger partial charge in [-0.3, -0.25) is 0 Å². The minimum Gasteiger partial charge on any atom is -0.508 e. The summed E-state index contributed by atoms with van der Waals surface area (Å²) >= 11 is 0. The lowest BCUT2D eigenvalue weighted by Crippen LogP contribution is -1.86. The average Bonchev–Trinajstić information content (AvgIpc) is 2.69. The molecule has 4 rings (SSSR count). The summed E-state index contributed by atoms with van der Waals surface area (Å²) in [5.74, 6) is 2.89. The highest BCUT2D eigenvalue weighted by Crippen LogP contribution is 2.30. The van der Waals surface area contributed by atoms with Gasteiger partial charge in [0.2, 0.25) is 0 Å². The summed E-state index contributed by atoms with van der Waals surface area (Å²) in [6.07, 6.45) is 0. The molecule has 0 radical (unpaired) electrons. The highest BCUT2D eigenvalue weighted by Gasteiger charge is 2.03. The van der Waals surface area contributed by atoms with Crippen molar-refractivity contribution in [2.45, 2.75) is 0 Å². The van der Waals surface area contributed by atoms with E-state index in [0.29, 0.717) is 23.0 Å². The molecule has 0 amide bonds. The van der Waals surface area contributed by atoms with Gasteiger partial charge in [0, 0.05) is 12.1 Å². The fraction of sp³-hybridized carbons (Fsp3) is 0. The van der Waals surface area contributed by atoms with Crippen LogP contribution in [0.3, 0.4) is 0 Å². The maximum absolute atomic E-state index is 9.51. The van der Waals surface area contributed by atoms with E-state index < -0.39 is 0 Å². The molecule has 0 aromatic heterocycles. The van der Waals surface area contributed by atoms with E-state index in [4.69, 9.17) is 9.47 Å². The molecule has 138 valence electrons. The van der Waals surface area contributed by atoms with Crippen molar-refractivity contribution in [3.8, 4) is 45.6 Å². The van der Waals surface area contributed by atoms with E-state index in [1.54, 1.807) is 48.5 Å². The normalized spacial score (nSPS) is 10.4. The molecule has 0 aliphatic carbocycles. The van der Waals surface area contributed by atoms with Gasteiger partial charge in [0.05, 0.1) is 0 Å². The first-order chi connectivity index (χ1) is 13.7. The smallest absolute Gasteiger partial charge is 0.131 e. The van der Waals surface area contributed by atoms with Crippen LogP contribution in [0.1, 0.15) is 0 Å². The SMILES string of the molecule is Oc1cccc(Oc2ccc(-c3ccc(Oc4cccc(O)c4)cc3)cc2)c1. The number of aromatic hydroxyl groups is 2. The summed E-state index contributed by atoms with van der Waals surface area (Å²) in [6, 6.07) is 28.8. The Bertz CT molecular complexity index is 981. The fourth-order valence-electron chi connectivity index (χ4n) is 2.80. The molecule has 4 nitrogen and oxygen atoms in total. The maximum atomic E-state index is 9.51. The van der Waals surface area contributed by atoms with Crippen LogP contribution in [0.15, 0.2) is 97.1 Å². The van der Waals surface area contributed by atoms with Gasteiger partial charge < -0.3 is 19.7 Å². The lowest BCUT2D eigenvalue weighted by Gasteiger charge is -2.09. The lowest BCUT2D eigenvalue weighted by atomic mass is 10.1. The van der Waals surface area contributed by atoms with E-state index in [2.05, 4.69) is 0 Å². The minimum atomic E-state index is 0.169. The molecule has 0 fully saturated rings. The van der Waals surface area contributed by atoms with Crippen LogP contribution in [-0.4, -0.2) is 10.2 Å². The Morgan fingerprint density at radius 1 is 0.429 bits per heavy atom. The molecule has 0 heterocycles. The quantitative estimate of drug-likeness (QED) is 0.430. The zero-order valence-electron chi connectivity index (χ0n) is 14.9. The molecule has 4 heteroatoms. The van der Waals surface area contributed by atoms with E-state index in [0.717, 1.165) is 11.1 Å². The Hall–Kier alpha value is -3.92. The molecule has 0 aliphatic heterocycles. The van der Waals surface area contributed by atoms with Gasteiger partial charge in [-0.1, -0.05) is 36.4 Å². The van der Waals surface area contributed by atoms with Crippen molar-refractivity contribution in [1.82, 2.24) is 0 Å². The second-order valence-electron chi connectivity index (χ2n) is 6.25. The second-order valence-corrected chi connectivity index (χ2v) is 6.25. The van der Waals surface area contributed by atoms with E-state index in [1.807, 2.05) is 48.5 Å². The van der Waals surface area contributed by atoms with Crippen molar-refractivity contribution in [1.29, 1.82) is 0 Å². The Kier molecular flexibility index (Phi) is 4.85. The van der Waals surface area contributed by atoms with Gasteiger partial charge in [0.25, 0.3) is 0 Å². The number of hydrogen-bond acceptors (Lipinski definition) is 4. The molecular formula is C24H18O4. The van der Waals surface area contributed by atoms with Crippen LogP contribution < -0.4 is 9.47 Å². The predicted molar refractivity (Wildman–Crippen MR) is 108 cm³/mol. The standard InChI is InChI=1S/C24H18O4/c25-19-3-1-5-23(15-19)27-21-11-7-17(8-12-21)18-9-13-22(14-10-18)28-24-6-2-4-20(26)16-24/h1-16,25-26H. The third-order valence-corrected chi connectivity index (χ3v) is 4.15. The van der Waals surface area contributed by atoms with Crippen molar-refractivity contribution >= 4 is 0 Å². The van der Waals surface area contributed by atoms with E-state index in [9.17, 15) is 10.2 Å². The van der Waals surface area contributed by atoms with Gasteiger partial charge in [-0.25, -0.2) is 0 Å². The van der Waals surface area contributed by atoms with Crippen molar-refractivity contribution in [2.75, 3.05) is 0 Å². The Morgan fingerprint density at radius 3 is 1.18 bits per heavy atom. The molecule has 0 saturated carbocycles. The molecular weight excluding hydrogens is 352 g/mol. The van der Waals surface area contributed by atoms with Gasteiger partial charge in [-0.15, -0.1) is 0 Å². The van der Waals surface area contributed by atoms with Gasteiger partial charge in [-0.2, -0.15) is 0 Å². The predicted octanol–water partition coefficient (Wildman–Crippen LogP) is 6.35. The summed E-state index contributed by atoms with van der Waals surface area (Å²) in [7, 11) is 0. The Morgan fingerprint density at radius 2 is 0.821 bits per heavy atom. The molecule has 4 aromatic rings. The molecule has 28 heavy (non-hydrogen) atoms. The first kappa shape index (κ1) is 17.5. The number of rotatable bonds is 5. The zero-order valence-corrected chi connectivity index (χ0v) is 14.9. The van der Waals surface area contributed by atoms with E-state index in [-0.39, 0.29) is 11.5 Å². The third-order valence-electron chi connectivity index (χ3n) is 4.15. The van der Waals surface area contributed by atoms with Crippen LogP contribution in [0.25, 0.3) is 11.1 Å². The number of benzene rings is 4. The molecule has 0 saturated heterocycles. The van der Waals surface area contributed by atoms with Crippen LogP contribution >= 0.6 is 0 Å². The van der Waals surface area contributed by atoms with Gasteiger partial charge in [-0.05, 0) is 59.7 Å². The molecule has 0 spiro atoms. The number of ether oxygens (including phenoxy) is 2. The topological polar surface area (TPSA) is 58.9 Å². The zero-order chi connectivity index (χ0) is 19.3. The Labute approximate surface area is 162 Å². The molecule has 4 aromatic carbocycles. The average molecular weight is 370 g/mol. The number of phenols is 2. The van der Waals surface area contributed by atoms with Crippen molar-refractivity contribution < 1.29 is 19.7 Å². The van der Waals surface area contributed by atoms with Crippen LogP contribution in [0.5, 0.6) is 34.5 Å². The summed E-state index contributed by atoms with van der Waals surface area (Å²) in [5.41, 5.74) is 2.10. The fourth-order valence-corrected chi connectivity index (χ4v) is 2.80. The van der Waals surface area contributed by atoms with Crippen molar-refractivity contribution in [3.05, 3.63) is 97.1 Å². The molecule has 2 N–H and O–H groups in total. The van der Waals surface area contributed by atoms with Crippen molar-refractivity contribution in [2.24, 2.45) is 0 Å². The third kappa shape index (κ3) is 4.24. The molecule has 0 unspecified atom stereocenters.